The summed E-state index contributed by atoms with van der Waals surface area (Å²) in [5, 5.41) is 27.6. The number of likely N-dealkylation sites (N-methyl/N-ethyl adjacent to an activating group) is 1. The lowest BCUT2D eigenvalue weighted by Crippen LogP contribution is -2.49. The van der Waals surface area contributed by atoms with Crippen molar-refractivity contribution in [1.29, 1.82) is 0 Å². The number of aliphatic hydroxyl groups excluding tert-OH is 1. The van der Waals surface area contributed by atoms with E-state index in [0.29, 0.717) is 17.3 Å². The Bertz CT molecular complexity index is 1000. The first-order chi connectivity index (χ1) is 18.4. The topological polar surface area (TPSA) is 101 Å². The predicted molar refractivity (Wildman–Crippen MR) is 154 cm³/mol. The average molecular weight is 539 g/mol. The molecule has 2 aliphatic carbocycles. The number of piperazine rings is 1. The van der Waals surface area contributed by atoms with Gasteiger partial charge in [0.25, 0.3) is 0 Å². The molecule has 2 aromatic carbocycles. The number of carboxylic acids is 2. The number of carbonyl (C=O) groups is 2. The van der Waals surface area contributed by atoms with E-state index in [1.54, 1.807) is 24.3 Å². The smallest absolute Gasteiger partial charge is 0.307 e. The van der Waals surface area contributed by atoms with Gasteiger partial charge in [-0.1, -0.05) is 81.4 Å². The van der Waals surface area contributed by atoms with Crippen LogP contribution in [0, 0.1) is 22.7 Å². The maximum absolute atomic E-state index is 10.8. The van der Waals surface area contributed by atoms with Gasteiger partial charge in [0.15, 0.2) is 0 Å². The lowest BCUT2D eigenvalue weighted by molar-refractivity contribution is -0.137. The van der Waals surface area contributed by atoms with Crippen molar-refractivity contribution in [3.63, 3.8) is 0 Å². The first-order valence-electron chi connectivity index (χ1n) is 14.0. The van der Waals surface area contributed by atoms with E-state index in [9.17, 15) is 14.7 Å². The maximum atomic E-state index is 10.8. The van der Waals surface area contributed by atoms with Crippen molar-refractivity contribution in [1.82, 2.24) is 9.80 Å². The standard InChI is InChI=1S/C16H30N2O.2C8H8O2/c1-15(2)13-5-6-16(15,3)14(19)12(13)11-18-9-7-17(4)8-10-18;2*9-8(10)6-7-4-2-1-3-5-7/h12-14,19H,5-11H2,1-4H3;2*1-5H,6H2,(H,9,10). The molecule has 1 saturated heterocycles. The highest BCUT2D eigenvalue weighted by atomic mass is 16.4. The van der Waals surface area contributed by atoms with Crippen molar-refractivity contribution in [2.45, 2.75) is 52.6 Å². The molecule has 7 heteroatoms. The first-order valence-corrected chi connectivity index (χ1v) is 14.0. The Morgan fingerprint density at radius 3 is 1.67 bits per heavy atom. The maximum Gasteiger partial charge on any atom is 0.307 e. The number of hydrogen-bond acceptors (Lipinski definition) is 5. The van der Waals surface area contributed by atoms with Gasteiger partial charge in [-0.15, -0.1) is 0 Å². The Balaban J connectivity index is 0.000000178. The number of carboxylic acid groups (broad SMARTS) is 2. The van der Waals surface area contributed by atoms with Crippen molar-refractivity contribution >= 4 is 11.9 Å². The summed E-state index contributed by atoms with van der Waals surface area (Å²) in [4.78, 5) is 25.3. The summed E-state index contributed by atoms with van der Waals surface area (Å²) in [6.07, 6.45) is 2.66. The van der Waals surface area contributed by atoms with E-state index in [1.165, 1.54) is 39.0 Å². The van der Waals surface area contributed by atoms with E-state index in [1.807, 2.05) is 36.4 Å². The number of nitrogens with zero attached hydrogens (tertiary/aromatic N) is 2. The second kappa shape index (κ2) is 13.6. The van der Waals surface area contributed by atoms with E-state index in [0.717, 1.165) is 17.7 Å². The van der Waals surface area contributed by atoms with Crippen molar-refractivity contribution in [2.75, 3.05) is 39.8 Å². The lowest BCUT2D eigenvalue weighted by Gasteiger charge is -2.39. The van der Waals surface area contributed by atoms with Crippen LogP contribution in [0.5, 0.6) is 0 Å². The van der Waals surface area contributed by atoms with Gasteiger partial charge in [-0.05, 0) is 47.8 Å². The molecule has 3 aliphatic rings. The number of fused-ring (bicyclic) bond motifs is 2. The number of aliphatic carboxylic acids is 2. The fourth-order valence-corrected chi connectivity index (χ4v) is 6.63. The Morgan fingerprint density at radius 1 is 0.821 bits per heavy atom. The van der Waals surface area contributed by atoms with E-state index >= 15 is 0 Å². The quantitative estimate of drug-likeness (QED) is 0.504. The zero-order chi connectivity index (χ0) is 28.6. The van der Waals surface area contributed by atoms with E-state index in [-0.39, 0.29) is 24.4 Å². The molecule has 2 aromatic rings. The molecular weight excluding hydrogens is 492 g/mol. The van der Waals surface area contributed by atoms with Crippen LogP contribution in [0.2, 0.25) is 0 Å². The highest BCUT2D eigenvalue weighted by Gasteiger charge is 2.65. The SMILES string of the molecule is CN1CCN(CC2C3CCC(C)(C2O)C3(C)C)CC1.O=C(O)Cc1ccccc1.O=C(O)Cc1ccccc1. The van der Waals surface area contributed by atoms with Crippen molar-refractivity contribution in [3.05, 3.63) is 71.8 Å². The molecule has 1 aliphatic heterocycles. The fourth-order valence-electron chi connectivity index (χ4n) is 6.63. The van der Waals surface area contributed by atoms with Gasteiger partial charge in [-0.2, -0.15) is 0 Å². The molecule has 0 aromatic heterocycles. The molecule has 0 radical (unpaired) electrons. The zero-order valence-electron chi connectivity index (χ0n) is 23.9. The molecule has 4 unspecified atom stereocenters. The van der Waals surface area contributed by atoms with Crippen LogP contribution in [-0.2, 0) is 22.4 Å². The van der Waals surface area contributed by atoms with Crippen LogP contribution in [0.1, 0.15) is 44.7 Å². The molecule has 3 fully saturated rings. The van der Waals surface area contributed by atoms with Gasteiger partial charge < -0.3 is 25.1 Å². The second-order valence-electron chi connectivity index (χ2n) is 12.1. The zero-order valence-corrected chi connectivity index (χ0v) is 23.9. The Morgan fingerprint density at radius 2 is 1.28 bits per heavy atom. The van der Waals surface area contributed by atoms with Crippen LogP contribution >= 0.6 is 0 Å². The number of benzene rings is 2. The molecule has 5 rings (SSSR count). The number of rotatable bonds is 6. The van der Waals surface area contributed by atoms with Crippen LogP contribution in [-0.4, -0.2) is 82.9 Å². The van der Waals surface area contributed by atoms with E-state index in [2.05, 4.69) is 37.6 Å². The van der Waals surface area contributed by atoms with Crippen LogP contribution < -0.4 is 0 Å². The summed E-state index contributed by atoms with van der Waals surface area (Å²) in [7, 11) is 2.20. The van der Waals surface area contributed by atoms with Crippen LogP contribution in [0.4, 0.5) is 0 Å². The minimum absolute atomic E-state index is 0.0964. The summed E-state index contributed by atoms with van der Waals surface area (Å²) in [6, 6.07) is 18.3. The fraction of sp³-hybridized carbons (Fsp3) is 0.562. The Kier molecular flexibility index (Phi) is 10.7. The molecule has 4 atom stereocenters. The third-order valence-corrected chi connectivity index (χ3v) is 9.41. The Labute approximate surface area is 233 Å². The molecule has 39 heavy (non-hydrogen) atoms. The van der Waals surface area contributed by atoms with Gasteiger partial charge in [0.1, 0.15) is 0 Å². The molecule has 2 saturated carbocycles. The monoisotopic (exact) mass is 538 g/mol. The second-order valence-corrected chi connectivity index (χ2v) is 12.1. The molecule has 0 spiro atoms. The van der Waals surface area contributed by atoms with Crippen LogP contribution in [0.25, 0.3) is 0 Å². The van der Waals surface area contributed by atoms with E-state index < -0.39 is 11.9 Å². The summed E-state index contributed by atoms with van der Waals surface area (Å²) in [6.45, 7) is 12.9. The van der Waals surface area contributed by atoms with Crippen molar-refractivity contribution in [3.8, 4) is 0 Å². The molecule has 2 bridgehead atoms. The van der Waals surface area contributed by atoms with Gasteiger partial charge in [-0.25, -0.2) is 0 Å². The van der Waals surface area contributed by atoms with Gasteiger partial charge in [-0.3, -0.25) is 9.59 Å². The van der Waals surface area contributed by atoms with Gasteiger partial charge >= 0.3 is 11.9 Å². The van der Waals surface area contributed by atoms with E-state index in [4.69, 9.17) is 10.2 Å². The molecule has 3 N–H and O–H groups in total. The average Bonchev–Trinajstić information content (AvgIpc) is 3.20. The highest BCUT2D eigenvalue weighted by Crippen LogP contribution is 2.67. The third-order valence-electron chi connectivity index (χ3n) is 9.41. The summed E-state index contributed by atoms with van der Waals surface area (Å²) in [5.41, 5.74) is 2.14. The van der Waals surface area contributed by atoms with Gasteiger partial charge in [0, 0.05) is 38.6 Å². The Hall–Kier alpha value is -2.74. The normalized spacial score (nSPS) is 27.6. The first kappa shape index (κ1) is 30.8. The molecule has 1 heterocycles. The van der Waals surface area contributed by atoms with Gasteiger partial charge in [0.2, 0.25) is 0 Å². The molecular formula is C32H46N2O5. The number of aliphatic hydroxyl groups is 1. The van der Waals surface area contributed by atoms with Gasteiger partial charge in [0.05, 0.1) is 18.9 Å². The van der Waals surface area contributed by atoms with Crippen molar-refractivity contribution < 1.29 is 24.9 Å². The summed E-state index contributed by atoms with van der Waals surface area (Å²) < 4.78 is 0. The van der Waals surface area contributed by atoms with Crippen LogP contribution in [0.15, 0.2) is 60.7 Å². The highest BCUT2D eigenvalue weighted by molar-refractivity contribution is 5.70. The summed E-state index contributed by atoms with van der Waals surface area (Å²) in [5.74, 6) is -0.360. The largest absolute Gasteiger partial charge is 0.481 e. The molecule has 214 valence electrons. The minimum atomic E-state index is -0.786. The number of hydrogen-bond donors (Lipinski definition) is 3. The molecule has 0 amide bonds. The lowest BCUT2D eigenvalue weighted by atomic mass is 9.70. The summed E-state index contributed by atoms with van der Waals surface area (Å²) >= 11 is 0. The molecule has 7 nitrogen and oxygen atoms in total. The third kappa shape index (κ3) is 7.90. The van der Waals surface area contributed by atoms with Crippen LogP contribution in [0.3, 0.4) is 0 Å². The van der Waals surface area contributed by atoms with Crippen molar-refractivity contribution in [2.24, 2.45) is 22.7 Å². The predicted octanol–water partition coefficient (Wildman–Crippen LogP) is 4.29. The minimum Gasteiger partial charge on any atom is -0.481 e.